The summed E-state index contributed by atoms with van der Waals surface area (Å²) in [4.78, 5) is 0. The van der Waals surface area contributed by atoms with Crippen molar-refractivity contribution < 1.29 is 8.87 Å². The van der Waals surface area contributed by atoms with E-state index >= 15 is 0 Å². The molecule has 2 heteroatoms. The standard InChI is InChI=1S/C11H19FN.C4H10.2C2H6/c1-3-11-5-4-6-13(11,2)9-10(7-11)8-12;1-3-4-2;2*1-2/h8H,3-7,9H2,1-2H3;3-4H2,1-2H3;2*1-2H3/q+1;;;/b10-8+;;;. The van der Waals surface area contributed by atoms with Gasteiger partial charge in [0.15, 0.2) is 0 Å². The predicted molar refractivity (Wildman–Crippen MR) is 95.3 cm³/mol. The van der Waals surface area contributed by atoms with E-state index in [9.17, 15) is 4.39 Å². The molecule has 0 N–H and O–H groups in total. The van der Waals surface area contributed by atoms with E-state index in [0.717, 1.165) is 29.4 Å². The molecule has 0 saturated carbocycles. The van der Waals surface area contributed by atoms with E-state index in [-0.39, 0.29) is 0 Å². The average Bonchev–Trinajstić information content (AvgIpc) is 3.01. The summed E-state index contributed by atoms with van der Waals surface area (Å²) in [6.45, 7) is 16.8. The van der Waals surface area contributed by atoms with Crippen molar-refractivity contribution >= 4 is 0 Å². The first-order valence-electron chi connectivity index (χ1n) is 9.20. The van der Waals surface area contributed by atoms with Crippen molar-refractivity contribution in [1.82, 2.24) is 0 Å². The molecule has 0 aromatic rings. The Kier molecular flexibility index (Phi) is 13.3. The minimum atomic E-state index is 0.387. The fraction of sp³-hybridized carbons (Fsp3) is 0.895. The zero-order valence-electron chi connectivity index (χ0n) is 16.1. The first-order chi connectivity index (χ1) is 10.1. The first-order valence-corrected chi connectivity index (χ1v) is 9.20. The van der Waals surface area contributed by atoms with Gasteiger partial charge in [0.05, 0.1) is 19.9 Å². The van der Waals surface area contributed by atoms with Gasteiger partial charge in [0.25, 0.3) is 0 Å². The third-order valence-electron chi connectivity index (χ3n) is 4.86. The Labute approximate surface area is 134 Å². The molecular weight excluding hydrogens is 261 g/mol. The highest BCUT2D eigenvalue weighted by Crippen LogP contribution is 2.48. The number of halogens is 1. The molecule has 2 rings (SSSR count). The Hall–Kier alpha value is -0.370. The Bertz CT molecular complexity index is 273. The second-order valence-corrected chi connectivity index (χ2v) is 5.90. The minimum absolute atomic E-state index is 0.387. The molecule has 2 aliphatic heterocycles. The highest BCUT2D eigenvalue weighted by Gasteiger charge is 2.56. The van der Waals surface area contributed by atoms with Gasteiger partial charge in [0, 0.05) is 24.8 Å². The van der Waals surface area contributed by atoms with Gasteiger partial charge in [-0.1, -0.05) is 61.3 Å². The fourth-order valence-electron chi connectivity index (χ4n) is 3.47. The van der Waals surface area contributed by atoms with E-state index in [1.54, 1.807) is 0 Å². The molecule has 2 heterocycles. The van der Waals surface area contributed by atoms with Crippen molar-refractivity contribution in [3.8, 4) is 0 Å². The van der Waals surface area contributed by atoms with Gasteiger partial charge >= 0.3 is 0 Å². The first kappa shape index (κ1) is 22.9. The molecule has 0 spiro atoms. The third kappa shape index (κ3) is 5.73. The second-order valence-electron chi connectivity index (χ2n) is 5.90. The largest absolute Gasteiger partial charge is 0.317 e. The van der Waals surface area contributed by atoms with Crippen LogP contribution in [0, 0.1) is 0 Å². The smallest absolute Gasteiger partial charge is 0.103 e. The minimum Gasteiger partial charge on any atom is -0.317 e. The molecule has 2 fully saturated rings. The summed E-state index contributed by atoms with van der Waals surface area (Å²) in [5.74, 6) is 0. The van der Waals surface area contributed by atoms with Crippen LogP contribution < -0.4 is 0 Å². The van der Waals surface area contributed by atoms with Crippen LogP contribution in [-0.2, 0) is 0 Å². The summed E-state index contributed by atoms with van der Waals surface area (Å²) < 4.78 is 13.6. The van der Waals surface area contributed by atoms with Crippen LogP contribution in [0.1, 0.15) is 87.0 Å². The molecule has 1 nitrogen and oxygen atoms in total. The fourth-order valence-corrected chi connectivity index (χ4v) is 3.47. The monoisotopic (exact) mass is 302 g/mol. The van der Waals surface area contributed by atoms with Crippen LogP contribution in [0.5, 0.6) is 0 Å². The zero-order valence-corrected chi connectivity index (χ0v) is 16.1. The van der Waals surface area contributed by atoms with Gasteiger partial charge in [-0.2, -0.15) is 0 Å². The van der Waals surface area contributed by atoms with Crippen molar-refractivity contribution in [2.24, 2.45) is 0 Å². The molecule has 2 aliphatic rings. The van der Waals surface area contributed by atoms with Crippen LogP contribution in [0.25, 0.3) is 0 Å². The molecule has 128 valence electrons. The highest BCUT2D eigenvalue weighted by atomic mass is 19.1. The van der Waals surface area contributed by atoms with Crippen LogP contribution in [0.15, 0.2) is 11.9 Å². The maximum absolute atomic E-state index is 12.5. The predicted octanol–water partition coefficient (Wildman–Crippen LogP) is 6.49. The molecule has 2 unspecified atom stereocenters. The zero-order chi connectivity index (χ0) is 16.9. The number of unbranched alkanes of at least 4 members (excludes halogenated alkanes) is 1. The van der Waals surface area contributed by atoms with Gasteiger partial charge in [-0.25, -0.2) is 4.39 Å². The summed E-state index contributed by atoms with van der Waals surface area (Å²) in [6, 6.07) is 0. The van der Waals surface area contributed by atoms with E-state index in [4.69, 9.17) is 0 Å². The van der Waals surface area contributed by atoms with E-state index in [1.165, 1.54) is 38.6 Å². The van der Waals surface area contributed by atoms with Crippen molar-refractivity contribution in [1.29, 1.82) is 0 Å². The normalized spacial score (nSPS) is 31.2. The molecule has 0 aliphatic carbocycles. The van der Waals surface area contributed by atoms with Crippen molar-refractivity contribution in [3.05, 3.63) is 11.9 Å². The number of hydrogen-bond acceptors (Lipinski definition) is 0. The van der Waals surface area contributed by atoms with E-state index < -0.39 is 0 Å². The van der Waals surface area contributed by atoms with Gasteiger partial charge < -0.3 is 4.48 Å². The molecule has 2 saturated heterocycles. The number of rotatable bonds is 2. The summed E-state index contributed by atoms with van der Waals surface area (Å²) in [5, 5.41) is 0. The van der Waals surface area contributed by atoms with Crippen molar-refractivity contribution in [3.63, 3.8) is 0 Å². The third-order valence-corrected chi connectivity index (χ3v) is 4.86. The maximum Gasteiger partial charge on any atom is 0.103 e. The summed E-state index contributed by atoms with van der Waals surface area (Å²) in [6.07, 6.45) is 8.29. The van der Waals surface area contributed by atoms with Gasteiger partial charge in [-0.3, -0.25) is 0 Å². The lowest BCUT2D eigenvalue weighted by molar-refractivity contribution is -0.932. The van der Waals surface area contributed by atoms with Crippen molar-refractivity contribution in [2.75, 3.05) is 20.1 Å². The number of hydrogen-bond donors (Lipinski definition) is 0. The lowest BCUT2D eigenvalue weighted by atomic mass is 9.89. The molecule has 0 radical (unpaired) electrons. The van der Waals surface area contributed by atoms with E-state index in [1.807, 2.05) is 27.7 Å². The van der Waals surface area contributed by atoms with Gasteiger partial charge in [-0.15, -0.1) is 0 Å². The molecular formula is C19H41FN+. The number of nitrogens with zero attached hydrogens (tertiary/aromatic N) is 1. The SMILES string of the molecule is CC.CC.CCC12CCC[N+]1(C)C/C(=C/F)C2.CCCC. The highest BCUT2D eigenvalue weighted by molar-refractivity contribution is 5.11. The molecule has 0 aromatic heterocycles. The number of fused-ring (bicyclic) bond motifs is 1. The van der Waals surface area contributed by atoms with Gasteiger partial charge in [0.1, 0.15) is 12.1 Å². The molecule has 21 heavy (non-hydrogen) atoms. The molecule has 0 aromatic carbocycles. The van der Waals surface area contributed by atoms with Crippen molar-refractivity contribution in [2.45, 2.75) is 92.5 Å². The number of quaternary nitrogens is 1. The number of likely N-dealkylation sites (N-methyl/N-ethyl adjacent to an activating group) is 1. The van der Waals surface area contributed by atoms with Crippen LogP contribution >= 0.6 is 0 Å². The van der Waals surface area contributed by atoms with Crippen LogP contribution in [0.2, 0.25) is 0 Å². The topological polar surface area (TPSA) is 0 Å². The molecule has 0 bridgehead atoms. The second kappa shape index (κ2) is 12.2. The summed E-state index contributed by atoms with van der Waals surface area (Å²) >= 11 is 0. The van der Waals surface area contributed by atoms with Crippen LogP contribution in [0.4, 0.5) is 4.39 Å². The Morgan fingerprint density at radius 2 is 1.62 bits per heavy atom. The molecule has 2 atom stereocenters. The quantitative estimate of drug-likeness (QED) is 0.511. The lowest BCUT2D eigenvalue weighted by Gasteiger charge is -2.39. The van der Waals surface area contributed by atoms with Crippen LogP contribution in [-0.4, -0.2) is 30.2 Å². The molecule has 0 amide bonds. The van der Waals surface area contributed by atoms with E-state index in [0.29, 0.717) is 5.54 Å². The Morgan fingerprint density at radius 3 is 1.95 bits per heavy atom. The summed E-state index contributed by atoms with van der Waals surface area (Å²) in [5.41, 5.74) is 1.42. The Balaban J connectivity index is 0. The summed E-state index contributed by atoms with van der Waals surface area (Å²) in [7, 11) is 2.30. The van der Waals surface area contributed by atoms with Crippen LogP contribution in [0.3, 0.4) is 0 Å². The lowest BCUT2D eigenvalue weighted by Crippen LogP contribution is -2.52. The maximum atomic E-state index is 12.5. The van der Waals surface area contributed by atoms with E-state index in [2.05, 4.69) is 27.8 Å². The van der Waals surface area contributed by atoms with Gasteiger partial charge in [-0.05, 0) is 6.42 Å². The van der Waals surface area contributed by atoms with Gasteiger partial charge in [0.2, 0.25) is 0 Å². The Morgan fingerprint density at radius 1 is 1.10 bits per heavy atom. The average molecular weight is 303 g/mol.